The van der Waals surface area contributed by atoms with E-state index in [4.69, 9.17) is 17.7 Å². The maximum Gasteiger partial charge on any atom is 0.217 e. The third-order valence-corrected chi connectivity index (χ3v) is 38.4. The van der Waals surface area contributed by atoms with E-state index in [9.17, 15) is 13.2 Å². The summed E-state index contributed by atoms with van der Waals surface area (Å²) < 4.78 is 76.8. The second-order valence-electron chi connectivity index (χ2n) is 46.4. The Kier molecular flexibility index (Phi) is 25.6. The molecule has 15 heteroatoms. The van der Waals surface area contributed by atoms with Crippen molar-refractivity contribution in [3.8, 4) is 45.0 Å². The Morgan fingerprint density at radius 1 is 0.288 bits per heavy atom. The van der Waals surface area contributed by atoms with Crippen LogP contribution in [0.25, 0.3) is 176 Å². The average molecular weight is 1920 g/mol. The van der Waals surface area contributed by atoms with Gasteiger partial charge in [0, 0.05) is 131 Å². The molecular formula is C124H141F3N4O4Si4+4. The fraction of sp³-hybridized carbons (Fsp3) is 0.323. The van der Waals surface area contributed by atoms with Crippen molar-refractivity contribution < 1.29 is 49.1 Å². The van der Waals surface area contributed by atoms with E-state index in [1.807, 2.05) is 18.2 Å². The predicted molar refractivity (Wildman–Crippen MR) is 596 cm³/mol. The smallest absolute Gasteiger partial charge is 0.217 e. The van der Waals surface area contributed by atoms with E-state index in [-0.39, 0.29) is 22.9 Å². The number of furan rings is 4. The molecule has 20 aromatic rings. The number of para-hydroxylation sites is 1. The molecule has 0 saturated heterocycles. The van der Waals surface area contributed by atoms with Crippen LogP contribution < -0.4 is 39.0 Å². The number of nitrogens with zero attached hydrogens (tertiary/aromatic N) is 4. The minimum Gasteiger partial charge on any atom is -0.455 e. The monoisotopic (exact) mass is 1920 g/mol. The summed E-state index contributed by atoms with van der Waals surface area (Å²) in [5.41, 5.74) is 39.9. The first-order valence-corrected chi connectivity index (χ1v) is 63.7. The van der Waals surface area contributed by atoms with Crippen LogP contribution in [0.1, 0.15) is 138 Å². The highest BCUT2D eigenvalue weighted by Crippen LogP contribution is 2.47. The van der Waals surface area contributed by atoms with Crippen LogP contribution >= 0.6 is 0 Å². The Bertz CT molecular complexity index is 8510. The lowest BCUT2D eigenvalue weighted by Crippen LogP contribution is -2.41. The largest absolute Gasteiger partial charge is 0.455 e. The molecule has 0 atom stereocenters. The SMILES string of the molecule is Cc1cc2c(cc1[Si](C)(C)C)c(C(C)C)cc(-c1c(C)c(C)cc3c1oc1cc(F)ccc13)[n+]2C.Cc1cc2c(cc1[Si](C)(C)C)c(CC(C)(C)C)cc(-c1c(C)c(C)cc3c1oc1ccccc13)[n+]2C.Cc1cc2c(cc1[Si](C)(C)C)c(CC(C)C)cc(-c1c(C)c(C)cc3c1oc1cc(F)ccc13)[n+]2C.Cc1cc2c(ccc(-c3c(C)c(C)cc4c3oc3cc(F)ccc34)[n+]2C)cc1[Si](C)(C)C. The maximum atomic E-state index is 14.1. The zero-order valence-corrected chi connectivity index (χ0v) is 92.9. The molecule has 0 N–H and O–H groups in total. The number of fused-ring (bicyclic) bond motifs is 16. The molecule has 0 aliphatic carbocycles. The molecule has 0 amide bonds. The number of aromatic nitrogens is 4. The Balaban J connectivity index is 0.000000128. The van der Waals surface area contributed by atoms with Crippen LogP contribution in [0.5, 0.6) is 0 Å². The summed E-state index contributed by atoms with van der Waals surface area (Å²) in [7, 11) is 2.82. The van der Waals surface area contributed by atoms with Gasteiger partial charge in [0.05, 0.1) is 54.5 Å². The molecule has 12 aromatic carbocycles. The lowest BCUT2D eigenvalue weighted by atomic mass is 9.85. The van der Waals surface area contributed by atoms with Gasteiger partial charge in [-0.05, 0) is 294 Å². The van der Waals surface area contributed by atoms with Crippen molar-refractivity contribution in [3.05, 3.63) is 283 Å². The molecule has 0 radical (unpaired) electrons. The highest BCUT2D eigenvalue weighted by Gasteiger charge is 2.36. The van der Waals surface area contributed by atoms with E-state index >= 15 is 0 Å². The van der Waals surface area contributed by atoms with E-state index < -0.39 is 32.3 Å². The number of halogens is 3. The van der Waals surface area contributed by atoms with Gasteiger partial charge in [0.15, 0.2) is 0 Å². The van der Waals surface area contributed by atoms with E-state index in [2.05, 4.69) is 384 Å². The topological polar surface area (TPSA) is 68.1 Å². The van der Waals surface area contributed by atoms with Crippen molar-refractivity contribution in [1.82, 2.24) is 0 Å². The zero-order chi connectivity index (χ0) is 101. The zero-order valence-electron chi connectivity index (χ0n) is 88.9. The summed E-state index contributed by atoms with van der Waals surface area (Å²) in [6.07, 6.45) is 2.04. The van der Waals surface area contributed by atoms with Gasteiger partial charge < -0.3 is 17.7 Å². The van der Waals surface area contributed by atoms with Gasteiger partial charge in [0.1, 0.15) is 90.3 Å². The number of aryl methyl sites for hydroxylation is 12. The molecule has 714 valence electrons. The third-order valence-electron chi connectivity index (χ3n) is 29.8. The number of hydrogen-bond acceptors (Lipinski definition) is 4. The van der Waals surface area contributed by atoms with Crippen molar-refractivity contribution in [1.29, 1.82) is 0 Å². The Morgan fingerprint density at radius 2 is 0.597 bits per heavy atom. The van der Waals surface area contributed by atoms with Crippen molar-refractivity contribution in [2.75, 3.05) is 0 Å². The third kappa shape index (κ3) is 18.1. The fourth-order valence-electron chi connectivity index (χ4n) is 22.3. The summed E-state index contributed by atoms with van der Waals surface area (Å²) in [4.78, 5) is 0. The van der Waals surface area contributed by atoms with Crippen LogP contribution in [0.15, 0.2) is 200 Å². The first-order valence-electron chi connectivity index (χ1n) is 49.7. The fourth-order valence-corrected chi connectivity index (χ4v) is 29.6. The number of hydrogen-bond donors (Lipinski definition) is 0. The van der Waals surface area contributed by atoms with Crippen LogP contribution in [0.4, 0.5) is 13.2 Å². The molecule has 0 fully saturated rings. The maximum absolute atomic E-state index is 14.1. The molecule has 20 rings (SSSR count). The number of pyridine rings is 4. The molecule has 0 spiro atoms. The first-order chi connectivity index (χ1) is 65.1. The summed E-state index contributed by atoms with van der Waals surface area (Å²) in [5, 5.41) is 19.8. The predicted octanol–water partition coefficient (Wildman–Crippen LogP) is 31.1. The lowest BCUT2D eigenvalue weighted by molar-refractivity contribution is -0.633. The van der Waals surface area contributed by atoms with Crippen LogP contribution in [0, 0.1) is 112 Å². The normalized spacial score (nSPS) is 12.6. The van der Waals surface area contributed by atoms with E-state index in [1.54, 1.807) is 5.19 Å². The van der Waals surface area contributed by atoms with E-state index in [1.165, 1.54) is 201 Å². The van der Waals surface area contributed by atoms with Gasteiger partial charge >= 0.3 is 0 Å². The van der Waals surface area contributed by atoms with Crippen molar-refractivity contribution >= 4 is 184 Å². The van der Waals surface area contributed by atoms with Gasteiger partial charge in [-0.3, -0.25) is 0 Å². The molecule has 8 heterocycles. The van der Waals surface area contributed by atoms with Crippen molar-refractivity contribution in [2.45, 2.75) is 229 Å². The Labute approximate surface area is 824 Å². The summed E-state index contributed by atoms with van der Waals surface area (Å²) >= 11 is 0. The van der Waals surface area contributed by atoms with Crippen LogP contribution in [-0.4, -0.2) is 32.3 Å². The Hall–Kier alpha value is -11.9. The molecule has 0 saturated carbocycles. The van der Waals surface area contributed by atoms with Crippen molar-refractivity contribution in [3.63, 3.8) is 0 Å². The quantitative estimate of drug-likeness (QED) is 0.0903. The number of benzene rings is 12. The summed E-state index contributed by atoms with van der Waals surface area (Å²) in [6.45, 7) is 71.6. The van der Waals surface area contributed by atoms with E-state index in [0.717, 1.165) is 107 Å². The molecule has 0 aliphatic rings. The molecular weight excluding hydrogens is 1780 g/mol. The van der Waals surface area contributed by atoms with Crippen LogP contribution in [-0.2, 0) is 41.0 Å². The van der Waals surface area contributed by atoms with Gasteiger partial charge in [0.2, 0.25) is 44.8 Å². The summed E-state index contributed by atoms with van der Waals surface area (Å²) in [6, 6.07) is 62.6. The lowest BCUT2D eigenvalue weighted by Gasteiger charge is -2.23. The van der Waals surface area contributed by atoms with Gasteiger partial charge in [-0.2, -0.15) is 18.3 Å². The summed E-state index contributed by atoms with van der Waals surface area (Å²) in [5.74, 6) is 0.0778. The average Bonchev–Trinajstić information content (AvgIpc) is 1.73. The molecule has 0 aliphatic heterocycles. The highest BCUT2D eigenvalue weighted by atomic mass is 28.3. The van der Waals surface area contributed by atoms with Gasteiger partial charge in [-0.15, -0.1) is 0 Å². The second kappa shape index (κ2) is 36.0. The minimum atomic E-state index is -1.48. The molecule has 8 nitrogen and oxygen atoms in total. The van der Waals surface area contributed by atoms with Crippen LogP contribution in [0.2, 0.25) is 78.6 Å². The second-order valence-corrected chi connectivity index (χ2v) is 66.6. The molecule has 0 unspecified atom stereocenters. The van der Waals surface area contributed by atoms with Gasteiger partial charge in [-0.1, -0.05) is 166 Å². The number of rotatable bonds is 12. The molecule has 139 heavy (non-hydrogen) atoms. The first kappa shape index (κ1) is 98.7. The molecule has 8 aromatic heterocycles. The van der Waals surface area contributed by atoms with Crippen molar-refractivity contribution in [2.24, 2.45) is 39.5 Å². The van der Waals surface area contributed by atoms with E-state index in [0.29, 0.717) is 28.6 Å². The van der Waals surface area contributed by atoms with Gasteiger partial charge in [-0.25, -0.2) is 13.2 Å². The van der Waals surface area contributed by atoms with Crippen LogP contribution in [0.3, 0.4) is 0 Å². The highest BCUT2D eigenvalue weighted by molar-refractivity contribution is 6.90. The minimum absolute atomic E-state index is 0.185. The standard InChI is InChI=1S/C33H40NOSi.C32H37FNOSi.C31H35FNOSi.C28H29FNOSi/c1-20-15-26-24-13-11-12-14-29(24)35-32(26)31(22(20)3)28-17-23(19-33(4,5)6)25-18-30(36(8,9)10)21(2)16-27(25)34(28)7;1-18(2)12-22-15-28(34(6)27-14-20(4)30(17-25(22)27)36(7,8)9)31-21(5)19(3)13-26-24-11-10-23(33)16-29(24)35-32(26)31;1-17(2)23-15-27(33(6)26-13-19(4)29(16-24(23)26)35(7,8)9)30-20(5)18(3)12-25-22-11-10-21(32)14-28(22)34-31(25)30;1-16-12-22-21-10-9-20(29)15-25(21)31-28(22)27(18(16)3)23-11-8-19-14-26(32(5,6)7)17(2)13-24(19)30(23)4/h11-18H,19H2,1-10H3;10-11,13-18H,12H2,1-9H3;10-17H,1-9H3;8-15H,1-7H3/q4*+1. The van der Waals surface area contributed by atoms with Gasteiger partial charge in [0.25, 0.3) is 0 Å². The Morgan fingerprint density at radius 3 is 0.964 bits per heavy atom. The molecule has 0 bridgehead atoms.